The molecule has 0 aromatic heterocycles. The summed E-state index contributed by atoms with van der Waals surface area (Å²) in [6.45, 7) is 2.43. The maximum absolute atomic E-state index is 2.71. The summed E-state index contributed by atoms with van der Waals surface area (Å²) in [6, 6.07) is 17.5. The zero-order valence-corrected chi connectivity index (χ0v) is 17.8. The van der Waals surface area contributed by atoms with Crippen LogP contribution < -0.4 is 9.80 Å². The van der Waals surface area contributed by atoms with Gasteiger partial charge in [-0.1, -0.05) is 0 Å². The predicted molar refractivity (Wildman–Crippen MR) is 117 cm³/mol. The lowest BCUT2D eigenvalue weighted by Gasteiger charge is -2.44. The van der Waals surface area contributed by atoms with Crippen LogP contribution in [0.15, 0.2) is 42.5 Å². The zero-order chi connectivity index (χ0) is 16.3. The van der Waals surface area contributed by atoms with Crippen molar-refractivity contribution in [1.82, 2.24) is 0 Å². The van der Waals surface area contributed by atoms with Gasteiger partial charge in [0.2, 0.25) is 0 Å². The van der Waals surface area contributed by atoms with E-state index < -0.39 is 0 Å². The van der Waals surface area contributed by atoms with E-state index in [-0.39, 0.29) is 0 Å². The van der Waals surface area contributed by atoms with E-state index in [1.165, 1.54) is 50.9 Å². The average Bonchev–Trinajstić information content (AvgIpc) is 3.22. The summed E-state index contributed by atoms with van der Waals surface area (Å²) in [6.07, 6.45) is 4.04. The summed E-state index contributed by atoms with van der Waals surface area (Å²) in [5.41, 5.74) is 4.44. The van der Waals surface area contributed by atoms with Crippen LogP contribution >= 0.6 is 45.2 Å². The molecule has 5 rings (SSSR count). The van der Waals surface area contributed by atoms with Crippen LogP contribution in [0.1, 0.15) is 30.9 Å². The molecule has 3 aliphatic heterocycles. The summed E-state index contributed by atoms with van der Waals surface area (Å²) < 4.78 is 2.67. The smallest absolute Gasteiger partial charge is 0.0611 e. The number of hydrogen-bond acceptors (Lipinski definition) is 2. The Morgan fingerprint density at radius 1 is 0.833 bits per heavy atom. The highest BCUT2D eigenvalue weighted by molar-refractivity contribution is 14.1. The van der Waals surface area contributed by atoms with Crippen LogP contribution in [0.2, 0.25) is 0 Å². The first kappa shape index (κ1) is 15.7. The first-order valence-corrected chi connectivity index (χ1v) is 11.0. The molecule has 0 unspecified atom stereocenters. The summed E-state index contributed by atoms with van der Waals surface area (Å²) in [5, 5.41) is 0. The molecule has 4 heteroatoms. The van der Waals surface area contributed by atoms with Gasteiger partial charge in [-0.3, -0.25) is 0 Å². The number of fused-ring (bicyclic) bond motifs is 6. The normalized spacial score (nSPS) is 27.8. The number of hydrogen-bond donors (Lipinski definition) is 0. The Labute approximate surface area is 170 Å². The summed E-state index contributed by atoms with van der Waals surface area (Å²) in [7, 11) is 0. The topological polar surface area (TPSA) is 6.48 Å². The third-order valence-electron chi connectivity index (χ3n) is 6.01. The van der Waals surface area contributed by atoms with Crippen molar-refractivity contribution >= 4 is 56.6 Å². The minimum Gasteiger partial charge on any atom is -0.368 e. The van der Waals surface area contributed by atoms with Gasteiger partial charge in [0.15, 0.2) is 0 Å². The monoisotopic (exact) mass is 542 g/mol. The average molecular weight is 542 g/mol. The molecule has 2 aromatic rings. The van der Waals surface area contributed by atoms with Gasteiger partial charge in [-0.05, 0) is 112 Å². The number of halogens is 2. The maximum atomic E-state index is 2.71. The van der Waals surface area contributed by atoms with Gasteiger partial charge in [0, 0.05) is 43.6 Å². The third kappa shape index (κ3) is 2.39. The van der Waals surface area contributed by atoms with E-state index in [0.717, 1.165) is 12.0 Å². The highest BCUT2D eigenvalue weighted by atomic mass is 127. The molecule has 0 amide bonds. The maximum Gasteiger partial charge on any atom is 0.0611 e. The third-order valence-corrected chi connectivity index (χ3v) is 7.40. The highest BCUT2D eigenvalue weighted by Crippen LogP contribution is 2.52. The summed E-state index contributed by atoms with van der Waals surface area (Å²) in [4.78, 5) is 5.38. The van der Waals surface area contributed by atoms with E-state index in [9.17, 15) is 0 Å². The van der Waals surface area contributed by atoms with Crippen LogP contribution in [0.4, 0.5) is 11.4 Å². The van der Waals surface area contributed by atoms with Gasteiger partial charge in [-0.25, -0.2) is 0 Å². The highest BCUT2D eigenvalue weighted by Gasteiger charge is 2.48. The number of rotatable bonds is 1. The van der Waals surface area contributed by atoms with Crippen LogP contribution in [0.25, 0.3) is 0 Å². The lowest BCUT2D eigenvalue weighted by molar-refractivity contribution is 0.373. The van der Waals surface area contributed by atoms with Crippen molar-refractivity contribution in [3.05, 3.63) is 55.2 Å². The standard InChI is InChI=1S/C20H20I2N2/c21-13-3-6-15(7-4-13)23-11-9-16-18-2-1-10-24(18)19-8-5-14(22)12-17(19)20(16)23/h3-8,12,16,18,20H,1-2,9-11H2/t16-,18+,20-/m0/s1. The Balaban J connectivity index is 1.63. The molecular weight excluding hydrogens is 522 g/mol. The van der Waals surface area contributed by atoms with Gasteiger partial charge in [0.05, 0.1) is 6.04 Å². The van der Waals surface area contributed by atoms with Crippen molar-refractivity contribution < 1.29 is 0 Å². The molecule has 0 spiro atoms. The first-order valence-electron chi connectivity index (χ1n) is 8.81. The number of benzene rings is 2. The van der Waals surface area contributed by atoms with Crippen LogP contribution in [-0.4, -0.2) is 19.1 Å². The van der Waals surface area contributed by atoms with Crippen molar-refractivity contribution in [2.45, 2.75) is 31.3 Å². The number of anilines is 2. The Hall–Kier alpha value is -0.500. The van der Waals surface area contributed by atoms with Crippen molar-refractivity contribution in [2.24, 2.45) is 5.92 Å². The second-order valence-electron chi connectivity index (χ2n) is 7.17. The molecule has 0 bridgehead atoms. The van der Waals surface area contributed by atoms with Crippen LogP contribution in [0.5, 0.6) is 0 Å². The fourth-order valence-electron chi connectivity index (χ4n) is 5.10. The first-order chi connectivity index (χ1) is 11.7. The predicted octanol–water partition coefficient (Wildman–Crippen LogP) is 5.45. The number of nitrogens with zero attached hydrogens (tertiary/aromatic N) is 2. The van der Waals surface area contributed by atoms with Crippen LogP contribution in [-0.2, 0) is 0 Å². The van der Waals surface area contributed by atoms with Gasteiger partial charge in [-0.2, -0.15) is 0 Å². The second kappa shape index (κ2) is 6.04. The van der Waals surface area contributed by atoms with Crippen LogP contribution in [0.3, 0.4) is 0 Å². The summed E-state index contributed by atoms with van der Waals surface area (Å²) >= 11 is 4.86. The quantitative estimate of drug-likeness (QED) is 0.443. The fraction of sp³-hybridized carbons (Fsp3) is 0.400. The van der Waals surface area contributed by atoms with Gasteiger partial charge in [0.25, 0.3) is 0 Å². The van der Waals surface area contributed by atoms with Crippen molar-refractivity contribution in [2.75, 3.05) is 22.9 Å². The lowest BCUT2D eigenvalue weighted by Crippen LogP contribution is -2.44. The largest absolute Gasteiger partial charge is 0.368 e. The SMILES string of the molecule is Ic1ccc(N2CC[C@H]3[C@H]4CCCN4c4ccc(I)cc4[C@H]32)cc1. The van der Waals surface area contributed by atoms with E-state index >= 15 is 0 Å². The van der Waals surface area contributed by atoms with Gasteiger partial charge in [0.1, 0.15) is 0 Å². The Morgan fingerprint density at radius 3 is 2.46 bits per heavy atom. The molecular formula is C20H20I2N2. The van der Waals surface area contributed by atoms with Crippen molar-refractivity contribution in [3.8, 4) is 0 Å². The lowest BCUT2D eigenvalue weighted by atomic mass is 9.81. The van der Waals surface area contributed by atoms with Gasteiger partial charge in [-0.15, -0.1) is 0 Å². The molecule has 0 radical (unpaired) electrons. The van der Waals surface area contributed by atoms with Gasteiger partial charge >= 0.3 is 0 Å². The minimum atomic E-state index is 0.550. The minimum absolute atomic E-state index is 0.550. The Kier molecular flexibility index (Phi) is 3.96. The van der Waals surface area contributed by atoms with Crippen molar-refractivity contribution in [3.63, 3.8) is 0 Å². The van der Waals surface area contributed by atoms with E-state index in [0.29, 0.717) is 6.04 Å². The molecule has 24 heavy (non-hydrogen) atoms. The molecule has 2 aromatic carbocycles. The molecule has 0 N–H and O–H groups in total. The second-order valence-corrected chi connectivity index (χ2v) is 9.66. The molecule has 2 fully saturated rings. The van der Waals surface area contributed by atoms with E-state index in [1.54, 1.807) is 5.56 Å². The Morgan fingerprint density at radius 2 is 1.62 bits per heavy atom. The molecule has 3 atom stereocenters. The van der Waals surface area contributed by atoms with Crippen molar-refractivity contribution in [1.29, 1.82) is 0 Å². The molecule has 2 saturated heterocycles. The molecule has 0 aliphatic carbocycles. The Bertz CT molecular complexity index is 774. The van der Waals surface area contributed by atoms with Gasteiger partial charge < -0.3 is 9.80 Å². The van der Waals surface area contributed by atoms with E-state index in [2.05, 4.69) is 97.4 Å². The van der Waals surface area contributed by atoms with Crippen LogP contribution in [0, 0.1) is 13.1 Å². The summed E-state index contributed by atoms with van der Waals surface area (Å²) in [5.74, 6) is 0.775. The fourth-order valence-corrected chi connectivity index (χ4v) is 5.98. The molecule has 2 nitrogen and oxygen atoms in total. The van der Waals surface area contributed by atoms with E-state index in [4.69, 9.17) is 0 Å². The molecule has 3 aliphatic rings. The molecule has 3 heterocycles. The van der Waals surface area contributed by atoms with E-state index in [1.807, 2.05) is 0 Å². The molecule has 0 saturated carbocycles. The zero-order valence-electron chi connectivity index (χ0n) is 13.5. The molecule has 124 valence electrons.